The van der Waals surface area contributed by atoms with Crippen LogP contribution in [-0.4, -0.2) is 17.3 Å². The molecule has 5 heteroatoms. The molecule has 0 atom stereocenters. The number of benzene rings is 2. The Hall–Kier alpha value is -3.73. The van der Waals surface area contributed by atoms with Crippen molar-refractivity contribution < 1.29 is 19.4 Å². The van der Waals surface area contributed by atoms with Gasteiger partial charge < -0.3 is 19.4 Å². The molecule has 3 rings (SSSR count). The Balaban J connectivity index is 2.37. The fraction of sp³-hybridized carbons (Fsp3) is 0.276. The van der Waals surface area contributed by atoms with Crippen LogP contribution in [0.1, 0.15) is 44.4 Å². The number of aromatic hydroxyl groups is 2. The first kappa shape index (κ1) is 24.9. The van der Waals surface area contributed by atoms with Crippen molar-refractivity contribution in [2.75, 3.05) is 7.11 Å². The lowest BCUT2D eigenvalue weighted by atomic mass is 9.94. The molecular formula is C29H32O5. The highest BCUT2D eigenvalue weighted by molar-refractivity contribution is 5.89. The zero-order valence-electron chi connectivity index (χ0n) is 20.5. The van der Waals surface area contributed by atoms with Crippen molar-refractivity contribution in [2.24, 2.45) is 0 Å². The molecule has 0 aliphatic carbocycles. The van der Waals surface area contributed by atoms with Crippen molar-refractivity contribution in [3.05, 3.63) is 87.1 Å². The standard InChI is InChI=1S/C29H32O5/c1-8-18(6)13-20-14-19(11-16(2)3)27(31)26-23(30)15-25(34-29(20)26)21-9-10-24(33-7)28(32)22(21)12-17(4)5/h8-10,14-15,31-32H,2,4,11-13H2,1,3,5-7H3/b18-8+. The second-order valence-electron chi connectivity index (χ2n) is 8.94. The van der Waals surface area contributed by atoms with Gasteiger partial charge in [-0.1, -0.05) is 36.0 Å². The largest absolute Gasteiger partial charge is 0.507 e. The zero-order valence-corrected chi connectivity index (χ0v) is 20.5. The van der Waals surface area contributed by atoms with Crippen LogP contribution in [0.4, 0.5) is 0 Å². The molecular weight excluding hydrogens is 428 g/mol. The van der Waals surface area contributed by atoms with Gasteiger partial charge in [0.15, 0.2) is 16.9 Å². The summed E-state index contributed by atoms with van der Waals surface area (Å²) < 4.78 is 11.6. The molecule has 0 fully saturated rings. The van der Waals surface area contributed by atoms with Crippen LogP contribution < -0.4 is 10.2 Å². The summed E-state index contributed by atoms with van der Waals surface area (Å²) >= 11 is 0. The van der Waals surface area contributed by atoms with Crippen LogP contribution in [0, 0.1) is 0 Å². The summed E-state index contributed by atoms with van der Waals surface area (Å²) in [5.41, 5.74) is 5.37. The maximum atomic E-state index is 13.3. The number of phenolic OH excluding ortho intramolecular Hbond substituents is 2. The lowest BCUT2D eigenvalue weighted by Crippen LogP contribution is -2.06. The van der Waals surface area contributed by atoms with Crippen LogP contribution in [-0.2, 0) is 19.3 Å². The van der Waals surface area contributed by atoms with Gasteiger partial charge in [0.05, 0.1) is 7.11 Å². The van der Waals surface area contributed by atoms with Crippen LogP contribution in [0.15, 0.2) is 69.4 Å². The summed E-state index contributed by atoms with van der Waals surface area (Å²) in [4.78, 5) is 13.3. The van der Waals surface area contributed by atoms with Gasteiger partial charge in [0.25, 0.3) is 0 Å². The fourth-order valence-corrected chi connectivity index (χ4v) is 4.07. The lowest BCUT2D eigenvalue weighted by molar-refractivity contribution is 0.371. The molecule has 0 saturated carbocycles. The van der Waals surface area contributed by atoms with Gasteiger partial charge in [-0.3, -0.25) is 4.79 Å². The Morgan fingerprint density at radius 1 is 1.00 bits per heavy atom. The quantitative estimate of drug-likeness (QED) is 0.369. The van der Waals surface area contributed by atoms with Crippen LogP contribution in [0.5, 0.6) is 17.2 Å². The second kappa shape index (κ2) is 10.0. The Labute approximate surface area is 200 Å². The van der Waals surface area contributed by atoms with E-state index in [2.05, 4.69) is 13.2 Å². The molecule has 0 bridgehead atoms. The number of fused-ring (bicyclic) bond motifs is 1. The van der Waals surface area contributed by atoms with E-state index in [1.807, 2.05) is 39.8 Å². The molecule has 0 amide bonds. The maximum absolute atomic E-state index is 13.3. The van der Waals surface area contributed by atoms with Crippen LogP contribution in [0.25, 0.3) is 22.3 Å². The lowest BCUT2D eigenvalue weighted by Gasteiger charge is -2.16. The van der Waals surface area contributed by atoms with Crippen molar-refractivity contribution in [1.82, 2.24) is 0 Å². The smallest absolute Gasteiger partial charge is 0.197 e. The van der Waals surface area contributed by atoms with E-state index in [-0.39, 0.29) is 22.3 Å². The Morgan fingerprint density at radius 3 is 2.26 bits per heavy atom. The van der Waals surface area contributed by atoms with E-state index < -0.39 is 0 Å². The van der Waals surface area contributed by atoms with E-state index in [0.29, 0.717) is 53.0 Å². The molecule has 1 aromatic heterocycles. The van der Waals surface area contributed by atoms with Crippen molar-refractivity contribution in [2.45, 2.75) is 47.0 Å². The molecule has 3 aromatic rings. The van der Waals surface area contributed by atoms with Gasteiger partial charge in [-0.2, -0.15) is 0 Å². The first-order chi connectivity index (χ1) is 16.1. The molecule has 0 unspecified atom stereocenters. The molecule has 5 nitrogen and oxygen atoms in total. The minimum Gasteiger partial charge on any atom is -0.507 e. The van der Waals surface area contributed by atoms with E-state index in [9.17, 15) is 15.0 Å². The van der Waals surface area contributed by atoms with Gasteiger partial charge in [0.2, 0.25) is 0 Å². The van der Waals surface area contributed by atoms with E-state index in [4.69, 9.17) is 9.15 Å². The van der Waals surface area contributed by atoms with Crippen molar-refractivity contribution in [3.63, 3.8) is 0 Å². The first-order valence-electron chi connectivity index (χ1n) is 11.2. The van der Waals surface area contributed by atoms with E-state index >= 15 is 0 Å². The number of methoxy groups -OCH3 is 1. The van der Waals surface area contributed by atoms with Gasteiger partial charge in [0.1, 0.15) is 22.5 Å². The molecule has 2 aromatic carbocycles. The minimum atomic E-state index is -0.353. The third-order valence-corrected chi connectivity index (χ3v) is 5.79. The molecule has 2 N–H and O–H groups in total. The third-order valence-electron chi connectivity index (χ3n) is 5.79. The average molecular weight is 461 g/mol. The maximum Gasteiger partial charge on any atom is 0.197 e. The van der Waals surface area contributed by atoms with Gasteiger partial charge >= 0.3 is 0 Å². The monoisotopic (exact) mass is 460 g/mol. The summed E-state index contributed by atoms with van der Waals surface area (Å²) in [6.45, 7) is 15.6. The predicted molar refractivity (Wildman–Crippen MR) is 138 cm³/mol. The zero-order chi connectivity index (χ0) is 25.2. The molecule has 0 saturated heterocycles. The topological polar surface area (TPSA) is 79.9 Å². The highest BCUT2D eigenvalue weighted by Crippen LogP contribution is 2.40. The molecule has 1 heterocycles. The fourth-order valence-electron chi connectivity index (χ4n) is 4.07. The van der Waals surface area contributed by atoms with Gasteiger partial charge in [-0.25, -0.2) is 0 Å². The van der Waals surface area contributed by atoms with Crippen LogP contribution >= 0.6 is 0 Å². The normalized spacial score (nSPS) is 11.6. The number of ether oxygens (including phenoxy) is 1. The Morgan fingerprint density at radius 2 is 1.68 bits per heavy atom. The van der Waals surface area contributed by atoms with Crippen LogP contribution in [0.3, 0.4) is 0 Å². The molecule has 0 radical (unpaired) electrons. The number of rotatable bonds is 8. The average Bonchev–Trinajstić information content (AvgIpc) is 2.77. The summed E-state index contributed by atoms with van der Waals surface area (Å²) in [6, 6.07) is 6.64. The van der Waals surface area contributed by atoms with Crippen LogP contribution in [0.2, 0.25) is 0 Å². The minimum absolute atomic E-state index is 0.0182. The molecule has 0 aliphatic rings. The van der Waals surface area contributed by atoms with Crippen molar-refractivity contribution >= 4 is 11.0 Å². The number of allylic oxidation sites excluding steroid dienone is 4. The van der Waals surface area contributed by atoms with E-state index in [0.717, 1.165) is 22.3 Å². The van der Waals surface area contributed by atoms with Gasteiger partial charge in [0, 0.05) is 22.8 Å². The first-order valence-corrected chi connectivity index (χ1v) is 11.2. The predicted octanol–water partition coefficient (Wildman–Crippen LogP) is 6.63. The van der Waals surface area contributed by atoms with Gasteiger partial charge in [-0.15, -0.1) is 0 Å². The summed E-state index contributed by atoms with van der Waals surface area (Å²) in [5, 5.41) is 21.9. The molecule has 34 heavy (non-hydrogen) atoms. The Bertz CT molecular complexity index is 1370. The SMILES string of the molecule is C=C(C)Cc1cc(C/C(C)=C/C)c2oc(-c3ccc(OC)c(O)c3CC(=C)C)cc(=O)c2c1O. The van der Waals surface area contributed by atoms with E-state index in [1.54, 1.807) is 12.1 Å². The molecule has 178 valence electrons. The highest BCUT2D eigenvalue weighted by atomic mass is 16.5. The molecule has 0 spiro atoms. The van der Waals surface area contributed by atoms with E-state index in [1.165, 1.54) is 13.2 Å². The van der Waals surface area contributed by atoms with Crippen molar-refractivity contribution in [1.29, 1.82) is 0 Å². The summed E-state index contributed by atoms with van der Waals surface area (Å²) in [7, 11) is 1.48. The highest BCUT2D eigenvalue weighted by Gasteiger charge is 2.21. The number of phenols is 2. The van der Waals surface area contributed by atoms with Crippen molar-refractivity contribution in [3.8, 4) is 28.6 Å². The number of hydrogen-bond acceptors (Lipinski definition) is 5. The summed E-state index contributed by atoms with van der Waals surface area (Å²) in [5.74, 6) is 0.531. The second-order valence-corrected chi connectivity index (χ2v) is 8.94. The summed E-state index contributed by atoms with van der Waals surface area (Å²) in [6.07, 6.45) is 3.41. The third kappa shape index (κ3) is 4.93. The van der Waals surface area contributed by atoms with Gasteiger partial charge in [-0.05, 0) is 70.7 Å². The number of hydrogen-bond donors (Lipinski definition) is 2. The molecule has 0 aliphatic heterocycles. The Kier molecular flexibility index (Phi) is 7.35.